The zero-order valence-electron chi connectivity index (χ0n) is 15.6. The summed E-state index contributed by atoms with van der Waals surface area (Å²) in [5, 5.41) is 3.43. The summed E-state index contributed by atoms with van der Waals surface area (Å²) < 4.78 is 0. The number of hydrogen-bond acceptors (Lipinski definition) is 3. The highest BCUT2D eigenvalue weighted by Gasteiger charge is 2.16. The molecule has 28 heavy (non-hydrogen) atoms. The number of fused-ring (bicyclic) bond motifs is 3. The van der Waals surface area contributed by atoms with Gasteiger partial charge in [-0.15, -0.1) is 0 Å². The Balaban J connectivity index is 1.32. The molecule has 138 valence electrons. The lowest BCUT2D eigenvalue weighted by Crippen LogP contribution is -2.22. The number of aromatic amines is 1. The summed E-state index contributed by atoms with van der Waals surface area (Å²) in [7, 11) is 0. The molecule has 0 amide bonds. The van der Waals surface area contributed by atoms with E-state index in [1.807, 2.05) is 24.3 Å². The van der Waals surface area contributed by atoms with Crippen molar-refractivity contribution in [2.75, 3.05) is 23.3 Å². The number of para-hydroxylation sites is 4. The molecule has 0 fully saturated rings. The standard InChI is InChI=1S/C24H22N4/c1-5-12-22-18(8-1)14-15-19-9-2-6-13-23(19)28(22)17-7-16-25-24-26-20-10-3-4-11-21(20)27-24/h1-6,8-15H,7,16-17H2,(H2,25,26,27). The van der Waals surface area contributed by atoms with E-state index < -0.39 is 0 Å². The summed E-state index contributed by atoms with van der Waals surface area (Å²) in [5.41, 5.74) is 7.07. The van der Waals surface area contributed by atoms with Crippen LogP contribution in [0, 0.1) is 0 Å². The molecule has 0 radical (unpaired) electrons. The van der Waals surface area contributed by atoms with E-state index in [9.17, 15) is 0 Å². The first kappa shape index (κ1) is 16.6. The Labute approximate surface area is 164 Å². The topological polar surface area (TPSA) is 44.0 Å². The highest BCUT2D eigenvalue weighted by atomic mass is 15.2. The smallest absolute Gasteiger partial charge is 0.201 e. The molecular formula is C24H22N4. The third-order valence-electron chi connectivity index (χ3n) is 5.14. The number of nitrogens with one attached hydrogen (secondary N) is 2. The van der Waals surface area contributed by atoms with Gasteiger partial charge in [-0.25, -0.2) is 4.98 Å². The fourth-order valence-electron chi connectivity index (χ4n) is 3.78. The molecule has 4 heteroatoms. The zero-order chi connectivity index (χ0) is 18.8. The number of imidazole rings is 1. The maximum Gasteiger partial charge on any atom is 0.201 e. The van der Waals surface area contributed by atoms with Crippen LogP contribution in [0.4, 0.5) is 17.3 Å². The summed E-state index contributed by atoms with van der Waals surface area (Å²) in [6, 6.07) is 25.3. The van der Waals surface area contributed by atoms with Crippen LogP contribution in [0.25, 0.3) is 23.2 Å². The molecule has 0 aliphatic carbocycles. The van der Waals surface area contributed by atoms with Crippen LogP contribution in [-0.2, 0) is 0 Å². The normalized spacial score (nSPS) is 12.5. The van der Waals surface area contributed by atoms with Crippen molar-refractivity contribution in [2.24, 2.45) is 0 Å². The van der Waals surface area contributed by atoms with Crippen LogP contribution in [0.2, 0.25) is 0 Å². The lowest BCUT2D eigenvalue weighted by atomic mass is 10.1. The highest BCUT2D eigenvalue weighted by molar-refractivity contribution is 5.88. The maximum absolute atomic E-state index is 4.59. The molecule has 1 aliphatic rings. The Hall–Kier alpha value is -3.53. The second kappa shape index (κ2) is 7.24. The van der Waals surface area contributed by atoms with E-state index in [1.165, 1.54) is 22.5 Å². The Morgan fingerprint density at radius 2 is 1.43 bits per heavy atom. The van der Waals surface area contributed by atoms with E-state index in [4.69, 9.17) is 0 Å². The minimum absolute atomic E-state index is 0.833. The van der Waals surface area contributed by atoms with Gasteiger partial charge in [0.05, 0.1) is 11.0 Å². The molecule has 4 aromatic rings. The summed E-state index contributed by atoms with van der Waals surface area (Å²) in [4.78, 5) is 10.3. The predicted octanol–water partition coefficient (Wildman–Crippen LogP) is 5.69. The Morgan fingerprint density at radius 1 is 0.786 bits per heavy atom. The van der Waals surface area contributed by atoms with E-state index in [0.29, 0.717) is 0 Å². The van der Waals surface area contributed by atoms with Crippen LogP contribution < -0.4 is 10.2 Å². The minimum Gasteiger partial charge on any atom is -0.356 e. The third-order valence-corrected chi connectivity index (χ3v) is 5.14. The van der Waals surface area contributed by atoms with Gasteiger partial charge in [0.2, 0.25) is 5.95 Å². The van der Waals surface area contributed by atoms with Crippen LogP contribution in [0.5, 0.6) is 0 Å². The number of H-pyrrole nitrogens is 1. The van der Waals surface area contributed by atoms with E-state index in [1.54, 1.807) is 0 Å². The number of benzene rings is 3. The average molecular weight is 366 g/mol. The van der Waals surface area contributed by atoms with Gasteiger partial charge in [-0.3, -0.25) is 0 Å². The summed E-state index contributed by atoms with van der Waals surface area (Å²) >= 11 is 0. The molecule has 4 nitrogen and oxygen atoms in total. The van der Waals surface area contributed by atoms with Gasteiger partial charge in [-0.05, 0) is 41.8 Å². The van der Waals surface area contributed by atoms with Gasteiger partial charge in [-0.1, -0.05) is 60.7 Å². The van der Waals surface area contributed by atoms with Gasteiger partial charge in [0.25, 0.3) is 0 Å². The van der Waals surface area contributed by atoms with E-state index in [2.05, 4.69) is 80.9 Å². The van der Waals surface area contributed by atoms with Gasteiger partial charge in [0.1, 0.15) is 0 Å². The SMILES string of the molecule is C1=Cc2ccccc2N(CCCNc2nc3ccccc3[nH]2)c2ccccc21. The molecule has 2 N–H and O–H groups in total. The molecule has 0 spiro atoms. The molecule has 0 saturated carbocycles. The van der Waals surface area contributed by atoms with Crippen molar-refractivity contribution < 1.29 is 0 Å². The first-order chi connectivity index (χ1) is 13.9. The number of rotatable bonds is 5. The number of nitrogens with zero attached hydrogens (tertiary/aromatic N) is 2. The molecule has 0 bridgehead atoms. The molecule has 1 aromatic heterocycles. The summed E-state index contributed by atoms with van der Waals surface area (Å²) in [5.74, 6) is 0.833. The fourth-order valence-corrected chi connectivity index (χ4v) is 3.78. The maximum atomic E-state index is 4.59. The average Bonchev–Trinajstić information content (AvgIpc) is 3.09. The zero-order valence-corrected chi connectivity index (χ0v) is 15.6. The third kappa shape index (κ3) is 3.14. The molecule has 0 saturated heterocycles. The molecule has 3 aromatic carbocycles. The summed E-state index contributed by atoms with van der Waals surface area (Å²) in [6.07, 6.45) is 5.42. The second-order valence-corrected chi connectivity index (χ2v) is 6.99. The first-order valence-electron chi connectivity index (χ1n) is 9.71. The molecule has 0 atom stereocenters. The van der Waals surface area contributed by atoms with Crippen molar-refractivity contribution in [2.45, 2.75) is 6.42 Å². The van der Waals surface area contributed by atoms with Crippen LogP contribution in [0.3, 0.4) is 0 Å². The Morgan fingerprint density at radius 3 is 2.14 bits per heavy atom. The molecular weight excluding hydrogens is 344 g/mol. The van der Waals surface area contributed by atoms with Crippen LogP contribution in [-0.4, -0.2) is 23.1 Å². The second-order valence-electron chi connectivity index (χ2n) is 6.99. The number of hydrogen-bond donors (Lipinski definition) is 2. The van der Waals surface area contributed by atoms with Gasteiger partial charge in [0.15, 0.2) is 0 Å². The monoisotopic (exact) mass is 366 g/mol. The molecule has 2 heterocycles. The lowest BCUT2D eigenvalue weighted by Gasteiger charge is -2.27. The first-order valence-corrected chi connectivity index (χ1v) is 9.71. The van der Waals surface area contributed by atoms with Crippen LogP contribution in [0.15, 0.2) is 72.8 Å². The van der Waals surface area contributed by atoms with Gasteiger partial charge < -0.3 is 15.2 Å². The Kier molecular flexibility index (Phi) is 4.30. The summed E-state index contributed by atoms with van der Waals surface area (Å²) in [6.45, 7) is 1.79. The van der Waals surface area contributed by atoms with Gasteiger partial charge in [-0.2, -0.15) is 0 Å². The van der Waals surface area contributed by atoms with E-state index >= 15 is 0 Å². The largest absolute Gasteiger partial charge is 0.356 e. The van der Waals surface area contributed by atoms with Crippen LogP contribution >= 0.6 is 0 Å². The van der Waals surface area contributed by atoms with Crippen molar-refractivity contribution in [3.63, 3.8) is 0 Å². The molecule has 1 aliphatic heterocycles. The van der Waals surface area contributed by atoms with Gasteiger partial charge in [0, 0.05) is 24.5 Å². The van der Waals surface area contributed by atoms with Crippen molar-refractivity contribution in [3.05, 3.63) is 83.9 Å². The molecule has 5 rings (SSSR count). The van der Waals surface area contributed by atoms with Crippen molar-refractivity contribution >= 4 is 40.5 Å². The number of anilines is 3. The van der Waals surface area contributed by atoms with E-state index in [-0.39, 0.29) is 0 Å². The predicted molar refractivity (Wildman–Crippen MR) is 118 cm³/mol. The highest BCUT2D eigenvalue weighted by Crippen LogP contribution is 2.36. The van der Waals surface area contributed by atoms with Gasteiger partial charge >= 0.3 is 0 Å². The van der Waals surface area contributed by atoms with Crippen molar-refractivity contribution in [1.29, 1.82) is 0 Å². The quantitative estimate of drug-likeness (QED) is 0.446. The van der Waals surface area contributed by atoms with Crippen LogP contribution in [0.1, 0.15) is 17.5 Å². The minimum atomic E-state index is 0.833. The van der Waals surface area contributed by atoms with Crippen molar-refractivity contribution in [3.8, 4) is 0 Å². The van der Waals surface area contributed by atoms with Crippen molar-refractivity contribution in [1.82, 2.24) is 9.97 Å². The van der Waals surface area contributed by atoms with E-state index in [0.717, 1.165) is 36.5 Å². The Bertz CT molecular complexity index is 1060. The number of aromatic nitrogens is 2. The lowest BCUT2D eigenvalue weighted by molar-refractivity contribution is 0.837. The fraction of sp³-hybridized carbons (Fsp3) is 0.125. The molecule has 0 unspecified atom stereocenters.